The number of carbonyl (C=O) groups excluding carboxylic acids is 1. The minimum Gasteiger partial charge on any atom is -0.454 e. The summed E-state index contributed by atoms with van der Waals surface area (Å²) >= 11 is 0. The number of rotatable bonds is 3. The number of para-hydroxylation sites is 1. The molecule has 4 heteroatoms. The van der Waals surface area contributed by atoms with Gasteiger partial charge in [-0.2, -0.15) is 0 Å². The minimum atomic E-state index is -0.606. The third kappa shape index (κ3) is 2.12. The molecule has 3 rings (SSSR count). The van der Waals surface area contributed by atoms with Gasteiger partial charge in [0.15, 0.2) is 12.0 Å². The zero-order chi connectivity index (χ0) is 13.9. The van der Waals surface area contributed by atoms with Gasteiger partial charge in [-0.05, 0) is 24.3 Å². The lowest BCUT2D eigenvalue weighted by Crippen LogP contribution is -1.95. The molecule has 1 aromatic heterocycles. The lowest BCUT2D eigenvalue weighted by molar-refractivity contribution is 0.111. The summed E-state index contributed by atoms with van der Waals surface area (Å²) < 4.78 is 19.2. The Hall–Kier alpha value is -2.75. The Morgan fingerprint density at radius 1 is 1.00 bits per heavy atom. The van der Waals surface area contributed by atoms with Crippen molar-refractivity contribution in [1.82, 2.24) is 4.98 Å². The molecular formula is C16H10FNO2. The van der Waals surface area contributed by atoms with Crippen LogP contribution >= 0.6 is 0 Å². The van der Waals surface area contributed by atoms with Gasteiger partial charge in [0.25, 0.3) is 0 Å². The van der Waals surface area contributed by atoms with Crippen LogP contribution in [0.5, 0.6) is 11.5 Å². The van der Waals surface area contributed by atoms with E-state index in [1.807, 2.05) is 24.3 Å². The number of hydrogen-bond acceptors (Lipinski definition) is 3. The van der Waals surface area contributed by atoms with E-state index >= 15 is 0 Å². The van der Waals surface area contributed by atoms with Crippen LogP contribution in [0.2, 0.25) is 0 Å². The summed E-state index contributed by atoms with van der Waals surface area (Å²) in [5.41, 5.74) is 0.566. The molecule has 3 aromatic rings. The molecule has 98 valence electrons. The van der Waals surface area contributed by atoms with Crippen LogP contribution in [0.4, 0.5) is 4.39 Å². The van der Waals surface area contributed by atoms with Crippen LogP contribution in [0.1, 0.15) is 10.4 Å². The second-order valence-electron chi connectivity index (χ2n) is 4.20. The largest absolute Gasteiger partial charge is 0.454 e. The number of carbonyl (C=O) groups is 1. The summed E-state index contributed by atoms with van der Waals surface area (Å²) in [4.78, 5) is 15.2. The number of aromatic nitrogens is 1. The second-order valence-corrected chi connectivity index (χ2v) is 4.20. The van der Waals surface area contributed by atoms with Crippen molar-refractivity contribution in [1.29, 1.82) is 0 Å². The Bertz CT molecular complexity index is 781. The number of pyridine rings is 1. The molecule has 20 heavy (non-hydrogen) atoms. The van der Waals surface area contributed by atoms with Gasteiger partial charge in [-0.25, -0.2) is 4.39 Å². The Labute approximate surface area is 114 Å². The molecule has 0 saturated heterocycles. The maximum absolute atomic E-state index is 13.5. The van der Waals surface area contributed by atoms with Gasteiger partial charge >= 0.3 is 0 Å². The minimum absolute atomic E-state index is 0.0968. The SMILES string of the molecule is O=Cc1c(F)cccc1Oc1cccc2cccnc12. The van der Waals surface area contributed by atoms with Crippen molar-refractivity contribution in [3.63, 3.8) is 0 Å². The third-order valence-electron chi connectivity index (χ3n) is 2.95. The highest BCUT2D eigenvalue weighted by atomic mass is 19.1. The molecule has 0 aliphatic heterocycles. The van der Waals surface area contributed by atoms with Gasteiger partial charge in [0.1, 0.15) is 17.1 Å². The average molecular weight is 267 g/mol. The van der Waals surface area contributed by atoms with Crippen LogP contribution in [-0.4, -0.2) is 11.3 Å². The van der Waals surface area contributed by atoms with E-state index in [4.69, 9.17) is 4.74 Å². The third-order valence-corrected chi connectivity index (χ3v) is 2.95. The fraction of sp³-hybridized carbons (Fsp3) is 0. The van der Waals surface area contributed by atoms with Crippen molar-refractivity contribution >= 4 is 17.2 Å². The van der Waals surface area contributed by atoms with E-state index in [0.29, 0.717) is 17.6 Å². The first-order valence-electron chi connectivity index (χ1n) is 6.05. The standard InChI is InChI=1S/C16H10FNO2/c17-13-6-2-7-14(12(13)10-19)20-15-8-1-4-11-5-3-9-18-16(11)15/h1-10H. The highest BCUT2D eigenvalue weighted by Crippen LogP contribution is 2.30. The maximum Gasteiger partial charge on any atom is 0.156 e. The highest BCUT2D eigenvalue weighted by molar-refractivity contribution is 5.85. The Kier molecular flexibility index (Phi) is 3.13. The molecule has 0 bridgehead atoms. The van der Waals surface area contributed by atoms with Crippen LogP contribution in [0, 0.1) is 5.82 Å². The molecule has 0 saturated carbocycles. The predicted octanol–water partition coefficient (Wildman–Crippen LogP) is 3.98. The van der Waals surface area contributed by atoms with Crippen LogP contribution in [0.3, 0.4) is 0 Å². The fourth-order valence-corrected chi connectivity index (χ4v) is 2.00. The van der Waals surface area contributed by atoms with Crippen molar-refractivity contribution in [3.05, 3.63) is 66.1 Å². The van der Waals surface area contributed by atoms with Crippen LogP contribution in [-0.2, 0) is 0 Å². The van der Waals surface area contributed by atoms with Gasteiger partial charge in [-0.1, -0.05) is 24.3 Å². The average Bonchev–Trinajstić information content (AvgIpc) is 2.48. The first-order chi connectivity index (χ1) is 9.79. The lowest BCUT2D eigenvalue weighted by atomic mass is 10.2. The van der Waals surface area contributed by atoms with Crippen molar-refractivity contribution in [2.75, 3.05) is 0 Å². The van der Waals surface area contributed by atoms with E-state index in [1.54, 1.807) is 18.3 Å². The maximum atomic E-state index is 13.5. The van der Waals surface area contributed by atoms with E-state index < -0.39 is 5.82 Å². The van der Waals surface area contributed by atoms with Gasteiger partial charge in [0.05, 0.1) is 5.56 Å². The van der Waals surface area contributed by atoms with E-state index in [1.165, 1.54) is 12.1 Å². The quantitative estimate of drug-likeness (QED) is 0.674. The topological polar surface area (TPSA) is 39.2 Å². The summed E-state index contributed by atoms with van der Waals surface area (Å²) in [6, 6.07) is 13.4. The Morgan fingerprint density at radius 2 is 1.75 bits per heavy atom. The zero-order valence-corrected chi connectivity index (χ0v) is 10.4. The lowest BCUT2D eigenvalue weighted by Gasteiger charge is -2.10. The summed E-state index contributed by atoms with van der Waals surface area (Å²) in [6.45, 7) is 0. The molecule has 0 radical (unpaired) electrons. The van der Waals surface area contributed by atoms with E-state index in [-0.39, 0.29) is 11.3 Å². The van der Waals surface area contributed by atoms with Gasteiger partial charge in [0.2, 0.25) is 0 Å². The summed E-state index contributed by atoms with van der Waals surface area (Å²) in [5, 5.41) is 0.911. The van der Waals surface area contributed by atoms with Gasteiger partial charge in [-0.3, -0.25) is 9.78 Å². The van der Waals surface area contributed by atoms with Crippen molar-refractivity contribution in [2.24, 2.45) is 0 Å². The Balaban J connectivity index is 2.10. The van der Waals surface area contributed by atoms with E-state index in [2.05, 4.69) is 4.98 Å². The summed E-state index contributed by atoms with van der Waals surface area (Å²) in [6.07, 6.45) is 2.10. The van der Waals surface area contributed by atoms with Crippen molar-refractivity contribution < 1.29 is 13.9 Å². The molecule has 0 amide bonds. The number of fused-ring (bicyclic) bond motifs is 1. The molecular weight excluding hydrogens is 257 g/mol. The summed E-state index contributed by atoms with van der Waals surface area (Å²) in [5.74, 6) is 0.0562. The zero-order valence-electron chi connectivity index (χ0n) is 10.4. The molecule has 3 nitrogen and oxygen atoms in total. The first kappa shape index (κ1) is 12.3. The molecule has 0 spiro atoms. The number of benzene rings is 2. The van der Waals surface area contributed by atoms with Crippen LogP contribution in [0.15, 0.2) is 54.7 Å². The number of aldehydes is 1. The van der Waals surface area contributed by atoms with Crippen LogP contribution < -0.4 is 4.74 Å². The molecule has 2 aromatic carbocycles. The van der Waals surface area contributed by atoms with Crippen molar-refractivity contribution in [3.8, 4) is 11.5 Å². The molecule has 0 aliphatic rings. The molecule has 0 fully saturated rings. The number of hydrogen-bond donors (Lipinski definition) is 0. The first-order valence-corrected chi connectivity index (χ1v) is 6.05. The van der Waals surface area contributed by atoms with Gasteiger partial charge in [-0.15, -0.1) is 0 Å². The number of ether oxygens (including phenoxy) is 1. The van der Waals surface area contributed by atoms with Crippen LogP contribution in [0.25, 0.3) is 10.9 Å². The normalized spacial score (nSPS) is 10.4. The number of nitrogens with zero attached hydrogens (tertiary/aromatic N) is 1. The summed E-state index contributed by atoms with van der Waals surface area (Å²) in [7, 11) is 0. The molecule has 0 unspecified atom stereocenters. The molecule has 0 aliphatic carbocycles. The highest BCUT2D eigenvalue weighted by Gasteiger charge is 2.11. The monoisotopic (exact) mass is 267 g/mol. The number of halogens is 1. The van der Waals surface area contributed by atoms with E-state index in [0.717, 1.165) is 5.39 Å². The molecule has 1 heterocycles. The smallest absolute Gasteiger partial charge is 0.156 e. The fourth-order valence-electron chi connectivity index (χ4n) is 2.00. The van der Waals surface area contributed by atoms with Gasteiger partial charge < -0.3 is 4.74 Å². The van der Waals surface area contributed by atoms with Crippen molar-refractivity contribution in [2.45, 2.75) is 0 Å². The predicted molar refractivity (Wildman–Crippen MR) is 73.6 cm³/mol. The van der Waals surface area contributed by atoms with E-state index in [9.17, 15) is 9.18 Å². The Morgan fingerprint density at radius 3 is 2.60 bits per heavy atom. The van der Waals surface area contributed by atoms with Gasteiger partial charge in [0, 0.05) is 11.6 Å². The molecule has 0 N–H and O–H groups in total. The second kappa shape index (κ2) is 5.09. The molecule has 0 atom stereocenters.